The number of tetrazole rings is 1. The fraction of sp³-hybridized carbons (Fsp3) is 0.190. The molecule has 1 atom stereocenters. The van der Waals surface area contributed by atoms with Gasteiger partial charge in [-0.15, -0.1) is 5.10 Å². The van der Waals surface area contributed by atoms with Crippen LogP contribution in [0.25, 0.3) is 11.1 Å². The van der Waals surface area contributed by atoms with E-state index >= 15 is 0 Å². The van der Waals surface area contributed by atoms with Crippen LogP contribution in [0.2, 0.25) is 5.02 Å². The molecule has 0 aliphatic carbocycles. The molecule has 11 heteroatoms. The Morgan fingerprint density at radius 3 is 2.59 bits per heavy atom. The molecule has 2 aromatic heterocycles. The topological polar surface area (TPSA) is 90.6 Å². The quantitative estimate of drug-likeness (QED) is 0.401. The number of anilines is 2. The van der Waals surface area contributed by atoms with Gasteiger partial charge in [-0.2, -0.15) is 0 Å². The number of aromatic nitrogens is 6. The Kier molecular flexibility index (Phi) is 6.50. The average Bonchev–Trinajstić information content (AvgIpc) is 3.29. The molecule has 0 spiro atoms. The van der Waals surface area contributed by atoms with E-state index in [1.54, 1.807) is 47.4 Å². The Balaban J connectivity index is 1.49. The molecular formula is C21H18ClF2N7O. The highest BCUT2D eigenvalue weighted by Crippen LogP contribution is 2.32. The zero-order valence-electron chi connectivity index (χ0n) is 16.9. The van der Waals surface area contributed by atoms with Crippen molar-refractivity contribution in [1.29, 1.82) is 0 Å². The van der Waals surface area contributed by atoms with Gasteiger partial charge in [0.1, 0.15) is 18.2 Å². The van der Waals surface area contributed by atoms with E-state index in [1.807, 2.05) is 13.0 Å². The summed E-state index contributed by atoms with van der Waals surface area (Å²) in [7, 11) is 0. The summed E-state index contributed by atoms with van der Waals surface area (Å²) in [4.78, 5) is 8.49. The summed E-state index contributed by atoms with van der Waals surface area (Å²) < 4.78 is 33.8. The van der Waals surface area contributed by atoms with E-state index in [2.05, 4.69) is 30.8 Å². The molecule has 4 rings (SSSR count). The van der Waals surface area contributed by atoms with E-state index in [9.17, 15) is 8.78 Å². The monoisotopic (exact) mass is 457 g/mol. The Bertz CT molecular complexity index is 1170. The number of hydrogen-bond donors (Lipinski definition) is 1. The number of alkyl halides is 2. The van der Waals surface area contributed by atoms with E-state index in [4.69, 9.17) is 16.3 Å². The molecule has 4 aromatic rings. The van der Waals surface area contributed by atoms with Gasteiger partial charge in [0, 0.05) is 29.2 Å². The molecule has 0 saturated heterocycles. The SMILES string of the molecule is CC(Cn1cnnn1)Oc1cc(-c2cnc(Nc3ccccc3C(F)F)nc2)ccc1Cl. The first-order valence-electron chi connectivity index (χ1n) is 9.63. The summed E-state index contributed by atoms with van der Waals surface area (Å²) in [6.07, 6.45) is 1.86. The van der Waals surface area contributed by atoms with E-state index in [0.717, 1.165) is 5.56 Å². The first kappa shape index (κ1) is 21.6. The molecule has 1 unspecified atom stereocenters. The van der Waals surface area contributed by atoms with Crippen LogP contribution in [0.15, 0.2) is 61.2 Å². The summed E-state index contributed by atoms with van der Waals surface area (Å²) in [6.45, 7) is 2.34. The maximum atomic E-state index is 13.2. The van der Waals surface area contributed by atoms with Crippen molar-refractivity contribution in [3.8, 4) is 16.9 Å². The summed E-state index contributed by atoms with van der Waals surface area (Å²) in [6, 6.07) is 11.5. The Labute approximate surface area is 187 Å². The Morgan fingerprint density at radius 2 is 1.88 bits per heavy atom. The van der Waals surface area contributed by atoms with E-state index in [1.165, 1.54) is 12.4 Å². The lowest BCUT2D eigenvalue weighted by Gasteiger charge is -2.16. The second-order valence-electron chi connectivity index (χ2n) is 6.91. The lowest BCUT2D eigenvalue weighted by atomic mass is 10.1. The normalized spacial score (nSPS) is 12.0. The summed E-state index contributed by atoms with van der Waals surface area (Å²) in [5.41, 5.74) is 1.65. The molecule has 2 heterocycles. The standard InChI is InChI=1S/C21H18ClF2N7O/c1-13(11-31-12-27-29-30-31)32-19-8-14(6-7-17(19)22)15-9-25-21(26-10-15)28-18-5-3-2-4-16(18)20(23)24/h2-10,12-13,20H,11H2,1H3,(H,25,26,28). The van der Waals surface area contributed by atoms with Gasteiger partial charge in [-0.05, 0) is 41.1 Å². The lowest BCUT2D eigenvalue weighted by Crippen LogP contribution is -2.20. The molecule has 0 radical (unpaired) electrons. The minimum Gasteiger partial charge on any atom is -0.487 e. The van der Waals surface area contributed by atoms with Gasteiger partial charge < -0.3 is 10.1 Å². The Morgan fingerprint density at radius 1 is 1.09 bits per heavy atom. The summed E-state index contributed by atoms with van der Waals surface area (Å²) in [5, 5.41) is 14.3. The molecule has 0 aliphatic heterocycles. The largest absolute Gasteiger partial charge is 0.487 e. The molecule has 0 amide bonds. The third-order valence-electron chi connectivity index (χ3n) is 4.52. The molecule has 1 N–H and O–H groups in total. The van der Waals surface area contributed by atoms with Crippen LogP contribution < -0.4 is 10.1 Å². The van der Waals surface area contributed by atoms with Gasteiger partial charge in [0.25, 0.3) is 6.43 Å². The van der Waals surface area contributed by atoms with Crippen LogP contribution >= 0.6 is 11.6 Å². The molecular weight excluding hydrogens is 440 g/mol. The number of nitrogens with zero attached hydrogens (tertiary/aromatic N) is 6. The molecule has 32 heavy (non-hydrogen) atoms. The first-order chi connectivity index (χ1) is 15.5. The van der Waals surface area contributed by atoms with Gasteiger partial charge in [0.15, 0.2) is 0 Å². The van der Waals surface area contributed by atoms with Crippen molar-refractivity contribution in [1.82, 2.24) is 30.2 Å². The van der Waals surface area contributed by atoms with Crippen LogP contribution in [0.5, 0.6) is 5.75 Å². The molecule has 164 valence electrons. The lowest BCUT2D eigenvalue weighted by molar-refractivity contribution is 0.152. The van der Waals surface area contributed by atoms with E-state index in [0.29, 0.717) is 22.9 Å². The van der Waals surface area contributed by atoms with Crippen LogP contribution in [0.3, 0.4) is 0 Å². The second kappa shape index (κ2) is 9.65. The highest BCUT2D eigenvalue weighted by atomic mass is 35.5. The van der Waals surface area contributed by atoms with E-state index < -0.39 is 6.43 Å². The van der Waals surface area contributed by atoms with Gasteiger partial charge in [0.05, 0.1) is 11.6 Å². The van der Waals surface area contributed by atoms with Crippen LogP contribution in [-0.4, -0.2) is 36.3 Å². The number of benzene rings is 2. The van der Waals surface area contributed by atoms with Gasteiger partial charge in [-0.1, -0.05) is 35.9 Å². The first-order valence-corrected chi connectivity index (χ1v) is 10.0. The maximum Gasteiger partial charge on any atom is 0.265 e. The van der Waals surface area contributed by atoms with Crippen LogP contribution in [0, 0.1) is 0 Å². The van der Waals surface area contributed by atoms with Gasteiger partial charge in [0.2, 0.25) is 5.95 Å². The van der Waals surface area contributed by atoms with Crippen molar-refractivity contribution in [2.24, 2.45) is 0 Å². The maximum absolute atomic E-state index is 13.2. The molecule has 2 aromatic carbocycles. The molecule has 0 aliphatic rings. The highest BCUT2D eigenvalue weighted by molar-refractivity contribution is 6.32. The van der Waals surface area contributed by atoms with Crippen molar-refractivity contribution in [3.63, 3.8) is 0 Å². The van der Waals surface area contributed by atoms with Crippen LogP contribution in [0.1, 0.15) is 18.9 Å². The molecule has 0 saturated carbocycles. The third-order valence-corrected chi connectivity index (χ3v) is 4.83. The minimum absolute atomic E-state index is 0.115. The third kappa shape index (κ3) is 5.14. The summed E-state index contributed by atoms with van der Waals surface area (Å²) >= 11 is 6.29. The second-order valence-corrected chi connectivity index (χ2v) is 7.32. The van der Waals surface area contributed by atoms with Gasteiger partial charge in [-0.3, -0.25) is 0 Å². The van der Waals surface area contributed by atoms with Crippen molar-refractivity contribution in [2.45, 2.75) is 26.0 Å². The van der Waals surface area contributed by atoms with Gasteiger partial charge in [-0.25, -0.2) is 23.4 Å². The molecule has 0 bridgehead atoms. The number of para-hydroxylation sites is 1. The van der Waals surface area contributed by atoms with Crippen molar-refractivity contribution < 1.29 is 13.5 Å². The predicted molar refractivity (Wildman–Crippen MR) is 115 cm³/mol. The zero-order chi connectivity index (χ0) is 22.5. The average molecular weight is 458 g/mol. The van der Waals surface area contributed by atoms with E-state index in [-0.39, 0.29) is 23.3 Å². The van der Waals surface area contributed by atoms with Crippen molar-refractivity contribution >= 4 is 23.2 Å². The molecule has 0 fully saturated rings. The number of nitrogens with one attached hydrogen (secondary N) is 1. The zero-order valence-corrected chi connectivity index (χ0v) is 17.6. The molecule has 8 nitrogen and oxygen atoms in total. The predicted octanol–water partition coefficient (Wildman–Crippen LogP) is 4.93. The summed E-state index contributed by atoms with van der Waals surface area (Å²) in [5.74, 6) is 0.708. The fourth-order valence-corrected chi connectivity index (χ4v) is 3.18. The number of halogens is 3. The fourth-order valence-electron chi connectivity index (χ4n) is 3.02. The number of rotatable bonds is 8. The Hall–Kier alpha value is -3.66. The van der Waals surface area contributed by atoms with Gasteiger partial charge >= 0.3 is 0 Å². The minimum atomic E-state index is -2.60. The van der Waals surface area contributed by atoms with Crippen LogP contribution in [-0.2, 0) is 6.54 Å². The smallest absolute Gasteiger partial charge is 0.265 e. The van der Waals surface area contributed by atoms with Crippen molar-refractivity contribution in [3.05, 3.63) is 71.8 Å². The van der Waals surface area contributed by atoms with Crippen LogP contribution in [0.4, 0.5) is 20.4 Å². The van der Waals surface area contributed by atoms with Crippen molar-refractivity contribution in [2.75, 3.05) is 5.32 Å². The number of hydrogen-bond acceptors (Lipinski definition) is 7. The highest BCUT2D eigenvalue weighted by Gasteiger charge is 2.14. The number of ether oxygens (including phenoxy) is 1.